The van der Waals surface area contributed by atoms with Crippen LogP contribution in [0.3, 0.4) is 0 Å². The second-order valence-corrected chi connectivity index (χ2v) is 6.65. The maximum absolute atomic E-state index is 11.9. The summed E-state index contributed by atoms with van der Waals surface area (Å²) in [5.74, 6) is 0.0467. The summed E-state index contributed by atoms with van der Waals surface area (Å²) in [7, 11) is 0.00423. The maximum atomic E-state index is 11.9. The molecule has 0 aromatic heterocycles. The molecule has 1 amide bonds. The van der Waals surface area contributed by atoms with Gasteiger partial charge in [-0.3, -0.25) is 4.79 Å². The van der Waals surface area contributed by atoms with E-state index in [0.29, 0.717) is 19.5 Å². The SMILES string of the molecule is CCCNS(=O)(=O)c1ccc(NCCC(=O)N(C)C)cc1. The van der Waals surface area contributed by atoms with Crippen LogP contribution in [-0.4, -0.2) is 46.4 Å². The van der Waals surface area contributed by atoms with Gasteiger partial charge in [0, 0.05) is 39.3 Å². The Hall–Kier alpha value is -1.60. The highest BCUT2D eigenvalue weighted by atomic mass is 32.2. The molecule has 6 nitrogen and oxygen atoms in total. The molecule has 0 aliphatic rings. The quantitative estimate of drug-likeness (QED) is 0.757. The molecule has 0 spiro atoms. The fourth-order valence-corrected chi connectivity index (χ4v) is 2.74. The number of sulfonamides is 1. The van der Waals surface area contributed by atoms with Crippen LogP contribution in [0.5, 0.6) is 0 Å². The van der Waals surface area contributed by atoms with Gasteiger partial charge in [-0.05, 0) is 30.7 Å². The second kappa shape index (κ2) is 7.99. The number of nitrogens with zero attached hydrogens (tertiary/aromatic N) is 1. The first-order valence-electron chi connectivity index (χ1n) is 6.90. The molecule has 0 unspecified atom stereocenters. The minimum atomic E-state index is -3.42. The minimum Gasteiger partial charge on any atom is -0.385 e. The van der Waals surface area contributed by atoms with E-state index in [4.69, 9.17) is 0 Å². The van der Waals surface area contributed by atoms with Crippen molar-refractivity contribution in [3.63, 3.8) is 0 Å². The van der Waals surface area contributed by atoms with Crippen LogP contribution in [0, 0.1) is 0 Å². The van der Waals surface area contributed by atoms with Crippen LogP contribution in [0.1, 0.15) is 19.8 Å². The third-order valence-electron chi connectivity index (χ3n) is 2.87. The van der Waals surface area contributed by atoms with E-state index in [1.807, 2.05) is 6.92 Å². The van der Waals surface area contributed by atoms with Gasteiger partial charge in [-0.25, -0.2) is 13.1 Å². The van der Waals surface area contributed by atoms with E-state index < -0.39 is 10.0 Å². The lowest BCUT2D eigenvalue weighted by atomic mass is 10.3. The summed E-state index contributed by atoms with van der Waals surface area (Å²) in [6.07, 6.45) is 1.14. The van der Waals surface area contributed by atoms with Gasteiger partial charge in [-0.2, -0.15) is 0 Å². The molecule has 1 rings (SSSR count). The van der Waals surface area contributed by atoms with Gasteiger partial charge >= 0.3 is 0 Å². The standard InChI is InChI=1S/C14H23N3O3S/c1-4-10-16-21(19,20)13-7-5-12(6-8-13)15-11-9-14(18)17(2)3/h5-8,15-16H,4,9-11H2,1-3H3. The molecule has 118 valence electrons. The lowest BCUT2D eigenvalue weighted by Crippen LogP contribution is -2.24. The number of hydrogen-bond acceptors (Lipinski definition) is 4. The van der Waals surface area contributed by atoms with Gasteiger partial charge in [0.05, 0.1) is 4.90 Å². The first-order chi connectivity index (χ1) is 9.86. The van der Waals surface area contributed by atoms with Crippen LogP contribution >= 0.6 is 0 Å². The first-order valence-corrected chi connectivity index (χ1v) is 8.39. The summed E-state index contributed by atoms with van der Waals surface area (Å²) in [6.45, 7) is 2.84. The van der Waals surface area contributed by atoms with Gasteiger partial charge < -0.3 is 10.2 Å². The lowest BCUT2D eigenvalue weighted by Gasteiger charge is -2.11. The molecule has 0 atom stereocenters. The Kier molecular flexibility index (Phi) is 6.64. The van der Waals surface area contributed by atoms with Crippen molar-refractivity contribution in [2.75, 3.05) is 32.5 Å². The summed E-state index contributed by atoms with van der Waals surface area (Å²) >= 11 is 0. The van der Waals surface area contributed by atoms with Crippen molar-refractivity contribution in [3.8, 4) is 0 Å². The van der Waals surface area contributed by atoms with E-state index >= 15 is 0 Å². The van der Waals surface area contributed by atoms with E-state index in [-0.39, 0.29) is 10.8 Å². The molecule has 2 N–H and O–H groups in total. The first kappa shape index (κ1) is 17.5. The smallest absolute Gasteiger partial charge is 0.240 e. The van der Waals surface area contributed by atoms with E-state index in [1.165, 1.54) is 4.90 Å². The van der Waals surface area contributed by atoms with Gasteiger partial charge in [-0.1, -0.05) is 6.92 Å². The van der Waals surface area contributed by atoms with Crippen molar-refractivity contribution in [1.82, 2.24) is 9.62 Å². The molecule has 0 radical (unpaired) electrons. The van der Waals surface area contributed by atoms with Crippen LogP contribution in [-0.2, 0) is 14.8 Å². The molecule has 0 fully saturated rings. The highest BCUT2D eigenvalue weighted by Gasteiger charge is 2.12. The van der Waals surface area contributed by atoms with Crippen molar-refractivity contribution in [2.24, 2.45) is 0 Å². The number of rotatable bonds is 8. The molecule has 0 aliphatic carbocycles. The lowest BCUT2D eigenvalue weighted by molar-refractivity contribution is -0.128. The number of benzene rings is 1. The highest BCUT2D eigenvalue weighted by molar-refractivity contribution is 7.89. The predicted octanol–water partition coefficient (Wildman–Crippen LogP) is 1.27. The van der Waals surface area contributed by atoms with Crippen molar-refractivity contribution < 1.29 is 13.2 Å². The normalized spacial score (nSPS) is 11.2. The minimum absolute atomic E-state index is 0.0467. The van der Waals surface area contributed by atoms with Gasteiger partial charge in [-0.15, -0.1) is 0 Å². The molecular weight excluding hydrogens is 290 g/mol. The number of hydrogen-bond donors (Lipinski definition) is 2. The Morgan fingerprint density at radius 2 is 1.76 bits per heavy atom. The van der Waals surface area contributed by atoms with Crippen LogP contribution < -0.4 is 10.0 Å². The van der Waals surface area contributed by atoms with Gasteiger partial charge in [0.1, 0.15) is 0 Å². The zero-order valence-corrected chi connectivity index (χ0v) is 13.5. The summed E-state index contributed by atoms with van der Waals surface area (Å²) in [6, 6.07) is 6.49. The summed E-state index contributed by atoms with van der Waals surface area (Å²) < 4.78 is 26.3. The van der Waals surface area contributed by atoms with Crippen molar-refractivity contribution in [1.29, 1.82) is 0 Å². The molecule has 0 aliphatic heterocycles. The molecule has 0 saturated carbocycles. The van der Waals surface area contributed by atoms with Gasteiger partial charge in [0.15, 0.2) is 0 Å². The topological polar surface area (TPSA) is 78.5 Å². The Morgan fingerprint density at radius 3 is 2.29 bits per heavy atom. The molecule has 21 heavy (non-hydrogen) atoms. The number of amides is 1. The fraction of sp³-hybridized carbons (Fsp3) is 0.500. The van der Waals surface area contributed by atoms with Crippen molar-refractivity contribution in [3.05, 3.63) is 24.3 Å². The van der Waals surface area contributed by atoms with Crippen molar-refractivity contribution >= 4 is 21.6 Å². The second-order valence-electron chi connectivity index (χ2n) is 4.89. The van der Waals surface area contributed by atoms with Crippen LogP contribution in [0.25, 0.3) is 0 Å². The van der Waals surface area contributed by atoms with Gasteiger partial charge in [0.25, 0.3) is 0 Å². The van der Waals surface area contributed by atoms with E-state index in [2.05, 4.69) is 10.0 Å². The van der Waals surface area contributed by atoms with Crippen LogP contribution in [0.15, 0.2) is 29.2 Å². The summed E-state index contributed by atoms with van der Waals surface area (Å²) in [5, 5.41) is 3.09. The van der Waals surface area contributed by atoms with Crippen LogP contribution in [0.2, 0.25) is 0 Å². The molecule has 0 heterocycles. The van der Waals surface area contributed by atoms with E-state index in [0.717, 1.165) is 12.1 Å². The fourth-order valence-electron chi connectivity index (χ4n) is 1.61. The van der Waals surface area contributed by atoms with E-state index in [9.17, 15) is 13.2 Å². The zero-order valence-electron chi connectivity index (χ0n) is 12.7. The third kappa shape index (κ3) is 5.73. The Morgan fingerprint density at radius 1 is 1.14 bits per heavy atom. The zero-order chi connectivity index (χ0) is 15.9. The molecule has 0 bridgehead atoms. The van der Waals surface area contributed by atoms with E-state index in [1.54, 1.807) is 38.4 Å². The summed E-state index contributed by atoms with van der Waals surface area (Å²) in [4.78, 5) is 13.2. The predicted molar refractivity (Wildman–Crippen MR) is 83.7 cm³/mol. The molecule has 1 aromatic carbocycles. The average Bonchev–Trinajstić information content (AvgIpc) is 2.45. The summed E-state index contributed by atoms with van der Waals surface area (Å²) in [5.41, 5.74) is 0.788. The largest absolute Gasteiger partial charge is 0.385 e. The Bertz CT molecular complexity index is 553. The third-order valence-corrected chi connectivity index (χ3v) is 4.35. The highest BCUT2D eigenvalue weighted by Crippen LogP contribution is 2.14. The van der Waals surface area contributed by atoms with Crippen molar-refractivity contribution in [2.45, 2.75) is 24.7 Å². The Labute approximate surface area is 126 Å². The number of carbonyl (C=O) groups is 1. The molecule has 0 saturated heterocycles. The number of nitrogens with one attached hydrogen (secondary N) is 2. The average molecular weight is 313 g/mol. The van der Waals surface area contributed by atoms with Crippen LogP contribution in [0.4, 0.5) is 5.69 Å². The molecule has 7 heteroatoms. The number of anilines is 1. The number of carbonyl (C=O) groups excluding carboxylic acids is 1. The maximum Gasteiger partial charge on any atom is 0.240 e. The molecular formula is C14H23N3O3S. The monoisotopic (exact) mass is 313 g/mol. The van der Waals surface area contributed by atoms with Gasteiger partial charge in [0.2, 0.25) is 15.9 Å². The molecule has 1 aromatic rings. The Balaban J connectivity index is 2.56.